The third kappa shape index (κ3) is 3.70. The minimum atomic E-state index is -3.16. The molecular weight excluding hydrogens is 316 g/mol. The number of amides is 1. The third-order valence-corrected chi connectivity index (χ3v) is 5.47. The highest BCUT2D eigenvalue weighted by atomic mass is 32.2. The molecule has 3 rings (SSSR count). The molecule has 1 aromatic heterocycles. The maximum absolute atomic E-state index is 12.2. The van der Waals surface area contributed by atoms with Crippen LogP contribution in [0.3, 0.4) is 0 Å². The van der Waals surface area contributed by atoms with Gasteiger partial charge in [0.15, 0.2) is 0 Å². The van der Waals surface area contributed by atoms with Crippen LogP contribution in [0.2, 0.25) is 0 Å². The second kappa shape index (κ2) is 6.29. The summed E-state index contributed by atoms with van der Waals surface area (Å²) < 4.78 is 24.4. The van der Waals surface area contributed by atoms with Gasteiger partial charge >= 0.3 is 0 Å². The van der Waals surface area contributed by atoms with Crippen LogP contribution in [0.25, 0.3) is 11.0 Å². The molecule has 1 amide bonds. The Labute approximate surface area is 135 Å². The molecule has 23 heavy (non-hydrogen) atoms. The fourth-order valence-electron chi connectivity index (χ4n) is 2.85. The molecule has 0 unspecified atom stereocenters. The zero-order chi connectivity index (χ0) is 16.4. The van der Waals surface area contributed by atoms with Crippen LogP contribution in [-0.4, -0.2) is 47.9 Å². The monoisotopic (exact) mass is 336 g/mol. The topological polar surface area (TPSA) is 95.2 Å². The molecule has 0 radical (unpaired) electrons. The Balaban J connectivity index is 1.54. The summed E-state index contributed by atoms with van der Waals surface area (Å²) in [4.78, 5) is 19.8. The molecule has 1 aromatic carbocycles. The number of aromatic nitrogens is 2. The number of piperidine rings is 1. The van der Waals surface area contributed by atoms with Crippen molar-refractivity contribution in [1.29, 1.82) is 0 Å². The molecule has 1 aliphatic heterocycles. The summed E-state index contributed by atoms with van der Waals surface area (Å²) in [6.45, 7) is 1.16. The fraction of sp³-hybridized carbons (Fsp3) is 0.467. The maximum Gasteiger partial charge on any atom is 0.223 e. The van der Waals surface area contributed by atoms with E-state index in [0.29, 0.717) is 38.3 Å². The number of benzene rings is 1. The van der Waals surface area contributed by atoms with Crippen LogP contribution in [-0.2, 0) is 21.4 Å². The number of para-hydroxylation sites is 2. The van der Waals surface area contributed by atoms with Crippen molar-refractivity contribution in [2.24, 2.45) is 5.92 Å². The number of hydrogen-bond donors (Lipinski definition) is 2. The number of rotatable bonds is 4. The highest BCUT2D eigenvalue weighted by Gasteiger charge is 2.28. The number of aromatic amines is 1. The number of carbonyl (C=O) groups is 1. The molecule has 0 atom stereocenters. The quantitative estimate of drug-likeness (QED) is 0.865. The van der Waals surface area contributed by atoms with E-state index in [4.69, 9.17) is 0 Å². The number of fused-ring (bicyclic) bond motifs is 1. The molecular formula is C15H20N4O3S. The van der Waals surface area contributed by atoms with Gasteiger partial charge in [0.1, 0.15) is 5.82 Å². The molecule has 0 bridgehead atoms. The summed E-state index contributed by atoms with van der Waals surface area (Å²) in [6, 6.07) is 7.70. The summed E-state index contributed by atoms with van der Waals surface area (Å²) in [5.74, 6) is 0.532. The Kier molecular flexibility index (Phi) is 4.36. The zero-order valence-corrected chi connectivity index (χ0v) is 13.8. The molecule has 124 valence electrons. The first-order valence-corrected chi connectivity index (χ1v) is 9.45. The number of nitrogens with zero attached hydrogens (tertiary/aromatic N) is 2. The average Bonchev–Trinajstić information content (AvgIpc) is 2.95. The molecule has 7 nitrogen and oxygen atoms in total. The molecule has 1 aliphatic rings. The number of sulfonamides is 1. The Morgan fingerprint density at radius 3 is 2.70 bits per heavy atom. The van der Waals surface area contributed by atoms with Gasteiger partial charge in [-0.25, -0.2) is 17.7 Å². The molecule has 2 aromatic rings. The number of nitrogens with one attached hydrogen (secondary N) is 2. The summed E-state index contributed by atoms with van der Waals surface area (Å²) >= 11 is 0. The van der Waals surface area contributed by atoms with Gasteiger partial charge < -0.3 is 10.3 Å². The van der Waals surface area contributed by atoms with Crippen molar-refractivity contribution in [1.82, 2.24) is 19.6 Å². The number of H-pyrrole nitrogens is 1. The zero-order valence-electron chi connectivity index (χ0n) is 12.9. The van der Waals surface area contributed by atoms with Crippen molar-refractivity contribution in [3.8, 4) is 0 Å². The van der Waals surface area contributed by atoms with Crippen molar-refractivity contribution in [2.45, 2.75) is 19.4 Å². The largest absolute Gasteiger partial charge is 0.349 e. The van der Waals surface area contributed by atoms with Crippen LogP contribution in [0.5, 0.6) is 0 Å². The van der Waals surface area contributed by atoms with E-state index in [1.54, 1.807) is 0 Å². The van der Waals surface area contributed by atoms with Gasteiger partial charge in [-0.3, -0.25) is 4.79 Å². The van der Waals surface area contributed by atoms with E-state index >= 15 is 0 Å². The maximum atomic E-state index is 12.2. The van der Waals surface area contributed by atoms with Gasteiger partial charge in [-0.1, -0.05) is 12.1 Å². The van der Waals surface area contributed by atoms with Crippen molar-refractivity contribution in [3.63, 3.8) is 0 Å². The van der Waals surface area contributed by atoms with E-state index in [0.717, 1.165) is 11.0 Å². The summed E-state index contributed by atoms with van der Waals surface area (Å²) in [5.41, 5.74) is 1.82. The van der Waals surface area contributed by atoms with E-state index in [2.05, 4.69) is 15.3 Å². The van der Waals surface area contributed by atoms with E-state index < -0.39 is 10.0 Å². The van der Waals surface area contributed by atoms with Crippen LogP contribution >= 0.6 is 0 Å². The van der Waals surface area contributed by atoms with Gasteiger partial charge in [0.2, 0.25) is 15.9 Å². The minimum absolute atomic E-state index is 0.0430. The van der Waals surface area contributed by atoms with Gasteiger partial charge in [0.25, 0.3) is 0 Å². The first kappa shape index (κ1) is 15.9. The minimum Gasteiger partial charge on any atom is -0.349 e. The van der Waals surface area contributed by atoms with E-state index in [9.17, 15) is 13.2 Å². The molecule has 8 heteroatoms. The molecule has 0 aliphatic carbocycles. The highest BCUT2D eigenvalue weighted by molar-refractivity contribution is 7.88. The smallest absolute Gasteiger partial charge is 0.223 e. The predicted octanol–water partition coefficient (Wildman–Crippen LogP) is 0.851. The van der Waals surface area contributed by atoms with Gasteiger partial charge in [0, 0.05) is 19.0 Å². The summed E-state index contributed by atoms with van der Waals surface area (Å²) in [6.07, 6.45) is 2.31. The third-order valence-electron chi connectivity index (χ3n) is 4.16. The Hall–Kier alpha value is -1.93. The molecule has 1 fully saturated rings. The molecule has 2 heterocycles. The van der Waals surface area contributed by atoms with Crippen LogP contribution in [0, 0.1) is 5.92 Å². The SMILES string of the molecule is CS(=O)(=O)N1CCC(C(=O)NCc2nc3ccccc3[nH]2)CC1. The number of carbonyl (C=O) groups excluding carboxylic acids is 1. The van der Waals surface area contributed by atoms with Crippen LogP contribution in [0.15, 0.2) is 24.3 Å². The van der Waals surface area contributed by atoms with Crippen molar-refractivity contribution in [3.05, 3.63) is 30.1 Å². The molecule has 0 spiro atoms. The normalized spacial score (nSPS) is 17.4. The second-order valence-corrected chi connectivity index (χ2v) is 7.84. The first-order valence-electron chi connectivity index (χ1n) is 7.60. The van der Waals surface area contributed by atoms with Crippen molar-refractivity contribution in [2.75, 3.05) is 19.3 Å². The van der Waals surface area contributed by atoms with Gasteiger partial charge in [0.05, 0.1) is 23.8 Å². The van der Waals surface area contributed by atoms with Crippen molar-refractivity contribution < 1.29 is 13.2 Å². The molecule has 2 N–H and O–H groups in total. The first-order chi connectivity index (χ1) is 10.9. The standard InChI is InChI=1S/C15H20N4O3S/c1-23(21,22)19-8-6-11(7-9-19)15(20)16-10-14-17-12-4-2-3-5-13(12)18-14/h2-5,11H,6-10H2,1H3,(H,16,20)(H,17,18). The van der Waals surface area contributed by atoms with Crippen molar-refractivity contribution >= 4 is 27.0 Å². The second-order valence-electron chi connectivity index (χ2n) is 5.85. The lowest BCUT2D eigenvalue weighted by atomic mass is 9.97. The number of imidazole rings is 1. The lowest BCUT2D eigenvalue weighted by Crippen LogP contribution is -2.42. The number of hydrogen-bond acceptors (Lipinski definition) is 4. The van der Waals surface area contributed by atoms with Crippen LogP contribution in [0.1, 0.15) is 18.7 Å². The molecule has 0 saturated carbocycles. The lowest BCUT2D eigenvalue weighted by molar-refractivity contribution is -0.126. The summed E-state index contributed by atoms with van der Waals surface area (Å²) in [5, 5.41) is 2.88. The van der Waals surface area contributed by atoms with E-state index in [-0.39, 0.29) is 11.8 Å². The average molecular weight is 336 g/mol. The summed E-state index contributed by atoms with van der Waals surface area (Å²) in [7, 11) is -3.16. The van der Waals surface area contributed by atoms with Crippen LogP contribution < -0.4 is 5.32 Å². The highest BCUT2D eigenvalue weighted by Crippen LogP contribution is 2.19. The van der Waals surface area contributed by atoms with E-state index in [1.165, 1.54) is 10.6 Å². The Morgan fingerprint density at radius 2 is 2.04 bits per heavy atom. The van der Waals surface area contributed by atoms with Crippen LogP contribution in [0.4, 0.5) is 0 Å². The van der Waals surface area contributed by atoms with Gasteiger partial charge in [-0.2, -0.15) is 0 Å². The van der Waals surface area contributed by atoms with E-state index in [1.807, 2.05) is 24.3 Å². The predicted molar refractivity (Wildman–Crippen MR) is 87.1 cm³/mol. The fourth-order valence-corrected chi connectivity index (χ4v) is 3.73. The Bertz CT molecular complexity index is 774. The lowest BCUT2D eigenvalue weighted by Gasteiger charge is -2.29. The Morgan fingerprint density at radius 1 is 1.35 bits per heavy atom. The van der Waals surface area contributed by atoms with Gasteiger partial charge in [-0.05, 0) is 25.0 Å². The van der Waals surface area contributed by atoms with Gasteiger partial charge in [-0.15, -0.1) is 0 Å². The molecule has 1 saturated heterocycles.